The van der Waals surface area contributed by atoms with Gasteiger partial charge in [0.25, 0.3) is 5.91 Å². The van der Waals surface area contributed by atoms with Crippen LogP contribution in [0.3, 0.4) is 0 Å². The number of carbonyl (C=O) groups is 3. The highest BCUT2D eigenvalue weighted by molar-refractivity contribution is 7.98. The van der Waals surface area contributed by atoms with E-state index in [2.05, 4.69) is 10.6 Å². The standard InChI is InChI=1S/C24H22N2O4S/c1-31-21-14-8-7-13-20(21)26-23(28)16-30-24(29)18-11-5-6-12-19(18)25-22(27)15-17-9-3-2-4-10-17/h2-14H,15-16H2,1H3,(H,25,27)(H,26,28). The Kier molecular flexibility index (Phi) is 7.84. The molecule has 0 saturated heterocycles. The van der Waals surface area contributed by atoms with Gasteiger partial charge in [-0.3, -0.25) is 9.59 Å². The molecule has 2 amide bonds. The summed E-state index contributed by atoms with van der Waals surface area (Å²) in [6.45, 7) is -0.437. The monoisotopic (exact) mass is 434 g/mol. The van der Waals surface area contributed by atoms with Crippen LogP contribution < -0.4 is 10.6 Å². The first-order valence-electron chi connectivity index (χ1n) is 9.59. The zero-order chi connectivity index (χ0) is 22.1. The predicted molar refractivity (Wildman–Crippen MR) is 122 cm³/mol. The van der Waals surface area contributed by atoms with E-state index in [1.54, 1.807) is 30.3 Å². The van der Waals surface area contributed by atoms with Crippen molar-refractivity contribution < 1.29 is 19.1 Å². The number of carbonyl (C=O) groups excluding carboxylic acids is 3. The van der Waals surface area contributed by atoms with E-state index in [0.29, 0.717) is 11.4 Å². The van der Waals surface area contributed by atoms with Crippen molar-refractivity contribution in [3.05, 3.63) is 90.0 Å². The van der Waals surface area contributed by atoms with Crippen molar-refractivity contribution in [2.45, 2.75) is 11.3 Å². The maximum absolute atomic E-state index is 12.5. The molecule has 0 aliphatic rings. The molecule has 3 aromatic rings. The van der Waals surface area contributed by atoms with Crippen LogP contribution in [0.4, 0.5) is 11.4 Å². The molecule has 158 valence electrons. The third kappa shape index (κ3) is 6.45. The Labute approximate surface area is 185 Å². The highest BCUT2D eigenvalue weighted by atomic mass is 32.2. The molecule has 0 bridgehead atoms. The van der Waals surface area contributed by atoms with Crippen molar-refractivity contribution in [2.24, 2.45) is 0 Å². The Morgan fingerprint density at radius 1 is 0.774 bits per heavy atom. The normalized spacial score (nSPS) is 10.2. The van der Waals surface area contributed by atoms with E-state index in [1.165, 1.54) is 11.8 Å². The number of rotatable bonds is 8. The summed E-state index contributed by atoms with van der Waals surface area (Å²) in [6, 6.07) is 23.2. The average Bonchev–Trinajstić information content (AvgIpc) is 2.79. The lowest BCUT2D eigenvalue weighted by Crippen LogP contribution is -2.22. The molecule has 0 aromatic heterocycles. The van der Waals surface area contributed by atoms with Crippen molar-refractivity contribution in [3.8, 4) is 0 Å². The van der Waals surface area contributed by atoms with Crippen molar-refractivity contribution in [2.75, 3.05) is 23.5 Å². The van der Waals surface area contributed by atoms with E-state index < -0.39 is 18.5 Å². The van der Waals surface area contributed by atoms with Gasteiger partial charge in [-0.2, -0.15) is 0 Å². The number of hydrogen-bond acceptors (Lipinski definition) is 5. The van der Waals surface area contributed by atoms with E-state index in [0.717, 1.165) is 10.5 Å². The number of amides is 2. The topological polar surface area (TPSA) is 84.5 Å². The minimum atomic E-state index is -0.691. The molecule has 0 fully saturated rings. The number of nitrogens with one attached hydrogen (secondary N) is 2. The molecule has 0 heterocycles. The quantitative estimate of drug-likeness (QED) is 0.406. The number of anilines is 2. The second kappa shape index (κ2) is 11.0. The van der Waals surface area contributed by atoms with Gasteiger partial charge in [0.1, 0.15) is 0 Å². The van der Waals surface area contributed by atoms with Crippen LogP contribution in [0.5, 0.6) is 0 Å². The van der Waals surface area contributed by atoms with Gasteiger partial charge in [0, 0.05) is 4.90 Å². The van der Waals surface area contributed by atoms with Crippen molar-refractivity contribution in [1.29, 1.82) is 0 Å². The van der Waals surface area contributed by atoms with E-state index in [9.17, 15) is 14.4 Å². The van der Waals surface area contributed by atoms with Crippen molar-refractivity contribution in [3.63, 3.8) is 0 Å². The Balaban J connectivity index is 1.59. The first kappa shape index (κ1) is 22.1. The van der Waals surface area contributed by atoms with E-state index in [4.69, 9.17) is 4.74 Å². The van der Waals surface area contributed by atoms with Crippen LogP contribution in [0.2, 0.25) is 0 Å². The molecule has 0 atom stereocenters. The van der Waals surface area contributed by atoms with Gasteiger partial charge in [0.05, 0.1) is 23.4 Å². The molecular formula is C24H22N2O4S. The van der Waals surface area contributed by atoms with Crippen LogP contribution in [0.25, 0.3) is 0 Å². The van der Waals surface area contributed by atoms with Crippen LogP contribution in [-0.2, 0) is 20.7 Å². The highest BCUT2D eigenvalue weighted by Gasteiger charge is 2.16. The Hall–Kier alpha value is -3.58. The number of para-hydroxylation sites is 2. The fourth-order valence-corrected chi connectivity index (χ4v) is 3.44. The summed E-state index contributed by atoms with van der Waals surface area (Å²) in [6.07, 6.45) is 2.09. The van der Waals surface area contributed by atoms with Gasteiger partial charge in [-0.1, -0.05) is 54.6 Å². The molecule has 0 aliphatic carbocycles. The minimum absolute atomic E-state index is 0.182. The van der Waals surface area contributed by atoms with Crippen LogP contribution in [0.1, 0.15) is 15.9 Å². The molecule has 0 spiro atoms. The number of thioether (sulfide) groups is 1. The first-order chi connectivity index (χ1) is 15.1. The molecular weight excluding hydrogens is 412 g/mol. The van der Waals surface area contributed by atoms with Gasteiger partial charge in [0.2, 0.25) is 5.91 Å². The summed E-state index contributed by atoms with van der Waals surface area (Å²) >= 11 is 1.50. The Morgan fingerprint density at radius 2 is 1.39 bits per heavy atom. The molecule has 7 heteroatoms. The van der Waals surface area contributed by atoms with Gasteiger partial charge in [-0.25, -0.2) is 4.79 Å². The Morgan fingerprint density at radius 3 is 2.13 bits per heavy atom. The fourth-order valence-electron chi connectivity index (χ4n) is 2.89. The summed E-state index contributed by atoms with van der Waals surface area (Å²) in [4.78, 5) is 38.0. The maximum Gasteiger partial charge on any atom is 0.340 e. The Bertz CT molecular complexity index is 1070. The lowest BCUT2D eigenvalue weighted by molar-refractivity contribution is -0.119. The van der Waals surface area contributed by atoms with Gasteiger partial charge < -0.3 is 15.4 Å². The summed E-state index contributed by atoms with van der Waals surface area (Å²) in [5.41, 5.74) is 2.04. The second-order valence-electron chi connectivity index (χ2n) is 6.58. The maximum atomic E-state index is 12.5. The van der Waals surface area contributed by atoms with Gasteiger partial charge >= 0.3 is 5.97 Å². The minimum Gasteiger partial charge on any atom is -0.452 e. The van der Waals surface area contributed by atoms with E-state index in [-0.39, 0.29) is 17.9 Å². The summed E-state index contributed by atoms with van der Waals surface area (Å²) < 4.78 is 5.17. The molecule has 3 rings (SSSR count). The smallest absolute Gasteiger partial charge is 0.340 e. The molecule has 0 saturated carbocycles. The van der Waals surface area contributed by atoms with Gasteiger partial charge in [-0.05, 0) is 36.1 Å². The number of ether oxygens (including phenoxy) is 1. The van der Waals surface area contributed by atoms with Crippen LogP contribution in [0.15, 0.2) is 83.8 Å². The van der Waals surface area contributed by atoms with Gasteiger partial charge in [-0.15, -0.1) is 11.8 Å². The van der Waals surface area contributed by atoms with Crippen molar-refractivity contribution >= 4 is 40.9 Å². The summed E-state index contributed by atoms with van der Waals surface area (Å²) in [5.74, 6) is -1.39. The van der Waals surface area contributed by atoms with Crippen molar-refractivity contribution in [1.82, 2.24) is 0 Å². The summed E-state index contributed by atoms with van der Waals surface area (Å²) in [7, 11) is 0. The predicted octanol–water partition coefficient (Wildman–Crippen LogP) is 4.39. The first-order valence-corrected chi connectivity index (χ1v) is 10.8. The molecule has 0 radical (unpaired) electrons. The molecule has 0 unspecified atom stereocenters. The molecule has 6 nitrogen and oxygen atoms in total. The van der Waals surface area contributed by atoms with Crippen LogP contribution in [-0.4, -0.2) is 30.6 Å². The molecule has 0 aliphatic heterocycles. The largest absolute Gasteiger partial charge is 0.452 e. The number of hydrogen-bond donors (Lipinski definition) is 2. The number of esters is 1. The fraction of sp³-hybridized carbons (Fsp3) is 0.125. The molecule has 3 aromatic carbocycles. The van der Waals surface area contributed by atoms with Crippen LogP contribution >= 0.6 is 11.8 Å². The third-order valence-electron chi connectivity index (χ3n) is 4.34. The lowest BCUT2D eigenvalue weighted by Gasteiger charge is -2.12. The summed E-state index contributed by atoms with van der Waals surface area (Å²) in [5, 5.41) is 5.48. The highest BCUT2D eigenvalue weighted by Crippen LogP contribution is 2.24. The van der Waals surface area contributed by atoms with Gasteiger partial charge in [0.15, 0.2) is 6.61 Å². The molecule has 31 heavy (non-hydrogen) atoms. The zero-order valence-electron chi connectivity index (χ0n) is 17.0. The number of benzene rings is 3. The SMILES string of the molecule is CSc1ccccc1NC(=O)COC(=O)c1ccccc1NC(=O)Cc1ccccc1. The van der Waals surface area contributed by atoms with E-state index in [1.807, 2.05) is 54.8 Å². The van der Waals surface area contributed by atoms with Crippen LogP contribution in [0, 0.1) is 0 Å². The average molecular weight is 435 g/mol. The molecule has 2 N–H and O–H groups in total. The zero-order valence-corrected chi connectivity index (χ0v) is 17.8. The van der Waals surface area contributed by atoms with E-state index >= 15 is 0 Å². The second-order valence-corrected chi connectivity index (χ2v) is 7.43. The third-order valence-corrected chi connectivity index (χ3v) is 5.14. The lowest BCUT2D eigenvalue weighted by atomic mass is 10.1.